The number of nitrogens with two attached hydrogens (primary N) is 2. The first kappa shape index (κ1) is 8.77. The Morgan fingerprint density at radius 1 is 1.54 bits per heavy atom. The monoisotopic (exact) mass is 196 g/mol. The molecule has 0 amide bonds. The van der Waals surface area contributed by atoms with E-state index in [1.807, 2.05) is 6.26 Å². The zero-order chi connectivity index (χ0) is 9.47. The number of nitrogen functional groups attached to an aromatic ring is 1. The molecule has 1 aliphatic carbocycles. The van der Waals surface area contributed by atoms with Crippen LogP contribution in [0.15, 0.2) is 11.4 Å². The molecule has 1 aliphatic rings. The summed E-state index contributed by atoms with van der Waals surface area (Å²) in [6.07, 6.45) is 5.64. The first-order valence-electron chi connectivity index (χ1n) is 4.11. The Bertz CT molecular complexity index is 335. The maximum absolute atomic E-state index is 5.99. The lowest BCUT2D eigenvalue weighted by atomic mass is 10.1. The zero-order valence-corrected chi connectivity index (χ0v) is 8.27. The van der Waals surface area contributed by atoms with Crippen molar-refractivity contribution in [3.05, 3.63) is 11.8 Å². The van der Waals surface area contributed by atoms with Crippen molar-refractivity contribution in [3.8, 4) is 0 Å². The maximum atomic E-state index is 5.99. The average Bonchev–Trinajstić information content (AvgIpc) is 2.84. The second kappa shape index (κ2) is 2.85. The minimum atomic E-state index is -0.235. The molecule has 0 bridgehead atoms. The maximum Gasteiger partial charge on any atom is 0.189 e. The van der Waals surface area contributed by atoms with Gasteiger partial charge in [0.1, 0.15) is 5.82 Å². The Hall–Kier alpha value is -0.810. The molecular weight excluding hydrogens is 184 g/mol. The van der Waals surface area contributed by atoms with Crippen molar-refractivity contribution < 1.29 is 0 Å². The largest absolute Gasteiger partial charge is 0.383 e. The number of thioether (sulfide) groups is 1. The van der Waals surface area contributed by atoms with Gasteiger partial charge in [0.2, 0.25) is 0 Å². The van der Waals surface area contributed by atoms with Crippen LogP contribution in [0.25, 0.3) is 0 Å². The fourth-order valence-electron chi connectivity index (χ4n) is 1.26. The molecule has 0 aliphatic heterocycles. The molecule has 0 spiro atoms. The predicted octanol–water partition coefficient (Wildman–Crippen LogP) is 0.729. The molecule has 1 saturated carbocycles. The van der Waals surface area contributed by atoms with Crippen molar-refractivity contribution in [1.82, 2.24) is 9.97 Å². The van der Waals surface area contributed by atoms with Gasteiger partial charge in [0.25, 0.3) is 0 Å². The van der Waals surface area contributed by atoms with E-state index in [4.69, 9.17) is 11.5 Å². The molecule has 13 heavy (non-hydrogen) atoms. The van der Waals surface area contributed by atoms with Gasteiger partial charge < -0.3 is 11.5 Å². The summed E-state index contributed by atoms with van der Waals surface area (Å²) < 4.78 is 0. The highest BCUT2D eigenvalue weighted by molar-refractivity contribution is 7.98. The number of rotatable bonds is 2. The fourth-order valence-corrected chi connectivity index (χ4v) is 1.61. The summed E-state index contributed by atoms with van der Waals surface area (Å²) in [7, 11) is 0. The lowest BCUT2D eigenvalue weighted by molar-refractivity contribution is 0.723. The second-order valence-electron chi connectivity index (χ2n) is 3.31. The summed E-state index contributed by atoms with van der Waals surface area (Å²) in [5.41, 5.74) is 12.4. The van der Waals surface area contributed by atoms with Gasteiger partial charge in [-0.2, -0.15) is 0 Å². The summed E-state index contributed by atoms with van der Waals surface area (Å²) in [5, 5.41) is 0.700. The standard InChI is InChI=1S/C8H12N4S/c1-13-7-11-4-5(6(9)12-7)8(10)2-3-8/h4H,2-3,10H2,1H3,(H2,9,11,12). The fraction of sp³-hybridized carbons (Fsp3) is 0.500. The summed E-state index contributed by atoms with van der Waals surface area (Å²) in [6, 6.07) is 0. The van der Waals surface area contributed by atoms with Crippen LogP contribution in [0.1, 0.15) is 18.4 Å². The van der Waals surface area contributed by atoms with Crippen LogP contribution < -0.4 is 11.5 Å². The van der Waals surface area contributed by atoms with Crippen LogP contribution >= 0.6 is 11.8 Å². The van der Waals surface area contributed by atoms with Gasteiger partial charge >= 0.3 is 0 Å². The van der Waals surface area contributed by atoms with Crippen LogP contribution in [0.5, 0.6) is 0 Å². The van der Waals surface area contributed by atoms with Crippen molar-refractivity contribution >= 4 is 17.6 Å². The predicted molar refractivity (Wildman–Crippen MR) is 53.3 cm³/mol. The van der Waals surface area contributed by atoms with Crippen molar-refractivity contribution in [1.29, 1.82) is 0 Å². The minimum absolute atomic E-state index is 0.235. The van der Waals surface area contributed by atoms with E-state index in [1.165, 1.54) is 11.8 Å². The quantitative estimate of drug-likeness (QED) is 0.538. The van der Waals surface area contributed by atoms with Gasteiger partial charge in [0.05, 0.1) is 0 Å². The summed E-state index contributed by atoms with van der Waals surface area (Å²) in [4.78, 5) is 8.30. The molecule has 0 radical (unpaired) electrons. The van der Waals surface area contributed by atoms with Crippen LogP contribution in [-0.4, -0.2) is 16.2 Å². The third-order valence-electron chi connectivity index (χ3n) is 2.30. The minimum Gasteiger partial charge on any atom is -0.383 e. The van der Waals surface area contributed by atoms with Gasteiger partial charge in [-0.1, -0.05) is 11.8 Å². The molecule has 1 aromatic heterocycles. The highest BCUT2D eigenvalue weighted by atomic mass is 32.2. The molecule has 5 heteroatoms. The third-order valence-corrected chi connectivity index (χ3v) is 2.87. The van der Waals surface area contributed by atoms with Gasteiger partial charge in [-0.3, -0.25) is 0 Å². The van der Waals surface area contributed by atoms with Crippen LogP contribution in [-0.2, 0) is 5.54 Å². The summed E-state index contributed by atoms with van der Waals surface area (Å²) in [6.45, 7) is 0. The molecule has 0 atom stereocenters. The molecule has 4 nitrogen and oxygen atoms in total. The topological polar surface area (TPSA) is 77.8 Å². The first-order chi connectivity index (χ1) is 6.15. The second-order valence-corrected chi connectivity index (χ2v) is 4.09. The number of hydrogen-bond acceptors (Lipinski definition) is 5. The van der Waals surface area contributed by atoms with Gasteiger partial charge in [-0.25, -0.2) is 9.97 Å². The molecule has 70 valence electrons. The molecule has 0 unspecified atom stereocenters. The summed E-state index contributed by atoms with van der Waals surface area (Å²) in [5.74, 6) is 0.527. The SMILES string of the molecule is CSc1ncc(C2(N)CC2)c(N)n1. The van der Waals surface area contributed by atoms with Crippen molar-refractivity contribution in [2.45, 2.75) is 23.5 Å². The molecule has 1 fully saturated rings. The smallest absolute Gasteiger partial charge is 0.189 e. The molecule has 1 heterocycles. The van der Waals surface area contributed by atoms with E-state index in [9.17, 15) is 0 Å². The van der Waals surface area contributed by atoms with Gasteiger partial charge in [0.15, 0.2) is 5.16 Å². The van der Waals surface area contributed by atoms with Crippen LogP contribution in [0.3, 0.4) is 0 Å². The lowest BCUT2D eigenvalue weighted by Gasteiger charge is -2.10. The highest BCUT2D eigenvalue weighted by Crippen LogP contribution is 2.44. The highest BCUT2D eigenvalue weighted by Gasteiger charge is 2.42. The first-order valence-corrected chi connectivity index (χ1v) is 5.34. The lowest BCUT2D eigenvalue weighted by Crippen LogP contribution is -2.21. The Morgan fingerprint density at radius 3 is 2.69 bits per heavy atom. The van der Waals surface area contributed by atoms with Gasteiger partial charge in [-0.05, 0) is 19.1 Å². The van der Waals surface area contributed by atoms with E-state index in [2.05, 4.69) is 9.97 Å². The van der Waals surface area contributed by atoms with E-state index < -0.39 is 0 Å². The van der Waals surface area contributed by atoms with E-state index in [-0.39, 0.29) is 5.54 Å². The average molecular weight is 196 g/mol. The molecule has 0 saturated heterocycles. The van der Waals surface area contributed by atoms with E-state index in [1.54, 1.807) is 6.20 Å². The number of aromatic nitrogens is 2. The van der Waals surface area contributed by atoms with Crippen molar-refractivity contribution in [2.75, 3.05) is 12.0 Å². The Morgan fingerprint density at radius 2 is 2.23 bits per heavy atom. The van der Waals surface area contributed by atoms with Crippen molar-refractivity contribution in [2.24, 2.45) is 5.73 Å². The molecule has 0 aromatic carbocycles. The van der Waals surface area contributed by atoms with Gasteiger partial charge in [0, 0.05) is 17.3 Å². The van der Waals surface area contributed by atoms with E-state index in [0.29, 0.717) is 11.0 Å². The zero-order valence-electron chi connectivity index (χ0n) is 7.45. The Kier molecular flexibility index (Phi) is 1.92. The van der Waals surface area contributed by atoms with E-state index >= 15 is 0 Å². The van der Waals surface area contributed by atoms with Crippen molar-refractivity contribution in [3.63, 3.8) is 0 Å². The van der Waals surface area contributed by atoms with Crippen LogP contribution in [0.2, 0.25) is 0 Å². The molecule has 4 N–H and O–H groups in total. The molecule has 2 rings (SSSR count). The Balaban J connectivity index is 2.38. The number of anilines is 1. The van der Waals surface area contributed by atoms with Crippen LogP contribution in [0, 0.1) is 0 Å². The third kappa shape index (κ3) is 1.49. The normalized spacial score (nSPS) is 18.6. The Labute approximate surface area is 81.1 Å². The molecular formula is C8H12N4S. The van der Waals surface area contributed by atoms with E-state index in [0.717, 1.165) is 18.4 Å². The number of hydrogen-bond donors (Lipinski definition) is 2. The summed E-state index contributed by atoms with van der Waals surface area (Å²) >= 11 is 1.48. The van der Waals surface area contributed by atoms with Gasteiger partial charge in [-0.15, -0.1) is 0 Å². The molecule has 1 aromatic rings. The number of nitrogens with zero attached hydrogens (tertiary/aromatic N) is 2. The van der Waals surface area contributed by atoms with Crippen LogP contribution in [0.4, 0.5) is 5.82 Å².